The van der Waals surface area contributed by atoms with E-state index in [9.17, 15) is 0 Å². The average molecular weight is 257 g/mol. The molecule has 0 rings (SSSR count). The van der Waals surface area contributed by atoms with Gasteiger partial charge in [-0.1, -0.05) is 40.7 Å². The smallest absolute Gasteiger partial charge is 0.0650 e. The summed E-state index contributed by atoms with van der Waals surface area (Å²) in [4.78, 5) is 5.18. The summed E-state index contributed by atoms with van der Waals surface area (Å²) < 4.78 is 0. The molecule has 2 unspecified atom stereocenters. The first-order chi connectivity index (χ1) is 8.06. The van der Waals surface area contributed by atoms with Crippen LogP contribution in [-0.2, 0) is 0 Å². The Morgan fingerprint density at radius 1 is 1.00 bits per heavy atom. The topological polar surface area (TPSA) is 6.48 Å². The van der Waals surface area contributed by atoms with E-state index in [1.54, 1.807) is 0 Å². The monoisotopic (exact) mass is 256 g/mol. The van der Waals surface area contributed by atoms with Crippen molar-refractivity contribution in [1.82, 2.24) is 9.80 Å². The molecule has 0 heterocycles. The van der Waals surface area contributed by atoms with Gasteiger partial charge in [-0.25, -0.2) is 0 Å². The van der Waals surface area contributed by atoms with Crippen molar-refractivity contribution >= 4 is 10.2 Å². The summed E-state index contributed by atoms with van der Waals surface area (Å²) in [7, 11) is 1.20. The zero-order valence-corrected chi connectivity index (χ0v) is 14.7. The minimum Gasteiger partial charge on any atom is -0.288 e. The Labute approximate surface area is 111 Å². The van der Waals surface area contributed by atoms with Gasteiger partial charge in [0, 0.05) is 10.2 Å². The summed E-state index contributed by atoms with van der Waals surface area (Å²) in [5.41, 5.74) is 0.696. The molecule has 2 atom stereocenters. The van der Waals surface area contributed by atoms with Gasteiger partial charge in [0.1, 0.15) is 0 Å². The molecule has 2 nitrogen and oxygen atoms in total. The van der Waals surface area contributed by atoms with Crippen LogP contribution in [0.2, 0.25) is 5.54 Å². The fourth-order valence-corrected chi connectivity index (χ4v) is 2.92. The molecule has 102 valence electrons. The van der Waals surface area contributed by atoms with Crippen molar-refractivity contribution in [3.05, 3.63) is 12.7 Å². The standard InChI is InChI=1S/C14H32N2Si/c1-7-13(17)12(6)14(15(8-2)9-3)16(10-4)11-5/h7,12-14H,1,8-11H2,2-6,17H3. The van der Waals surface area contributed by atoms with Crippen LogP contribution in [-0.4, -0.2) is 52.4 Å². The average Bonchev–Trinajstić information content (AvgIpc) is 2.37. The SMILES string of the molecule is C=CC([SiH3])C(C)C(N(CC)CC)N(CC)CC. The second-order valence-corrected chi connectivity index (χ2v) is 6.14. The van der Waals surface area contributed by atoms with Gasteiger partial charge in [-0.2, -0.15) is 0 Å². The van der Waals surface area contributed by atoms with Crippen molar-refractivity contribution in [2.45, 2.75) is 46.3 Å². The lowest BCUT2D eigenvalue weighted by Crippen LogP contribution is -2.52. The van der Waals surface area contributed by atoms with E-state index in [4.69, 9.17) is 0 Å². The Hall–Kier alpha value is -0.123. The van der Waals surface area contributed by atoms with E-state index in [1.807, 2.05) is 0 Å². The van der Waals surface area contributed by atoms with E-state index in [1.165, 1.54) is 10.2 Å². The molecule has 0 aliphatic heterocycles. The molecule has 0 aliphatic rings. The maximum absolute atomic E-state index is 3.98. The summed E-state index contributed by atoms with van der Waals surface area (Å²) in [6, 6.07) is 0. The van der Waals surface area contributed by atoms with Gasteiger partial charge in [0.25, 0.3) is 0 Å². The molecule has 0 saturated heterocycles. The summed E-state index contributed by atoms with van der Waals surface area (Å²) in [5, 5.41) is 0. The first kappa shape index (κ1) is 16.9. The van der Waals surface area contributed by atoms with Crippen LogP contribution < -0.4 is 0 Å². The van der Waals surface area contributed by atoms with Gasteiger partial charge in [-0.05, 0) is 37.6 Å². The molecule has 0 saturated carbocycles. The highest BCUT2D eigenvalue weighted by Gasteiger charge is 2.29. The number of hydrogen-bond donors (Lipinski definition) is 0. The molecule has 0 aromatic rings. The van der Waals surface area contributed by atoms with Crippen molar-refractivity contribution in [2.24, 2.45) is 5.92 Å². The summed E-state index contributed by atoms with van der Waals surface area (Å²) in [6.07, 6.45) is 2.72. The molecule has 0 aromatic heterocycles. The van der Waals surface area contributed by atoms with Gasteiger partial charge in [0.2, 0.25) is 0 Å². The van der Waals surface area contributed by atoms with Crippen LogP contribution in [0.1, 0.15) is 34.6 Å². The van der Waals surface area contributed by atoms with E-state index in [0.29, 0.717) is 17.6 Å². The van der Waals surface area contributed by atoms with Gasteiger partial charge < -0.3 is 0 Å². The number of hydrogen-bond acceptors (Lipinski definition) is 2. The Kier molecular flexibility index (Phi) is 8.83. The minimum atomic E-state index is 0.570. The maximum atomic E-state index is 3.98. The van der Waals surface area contributed by atoms with E-state index >= 15 is 0 Å². The van der Waals surface area contributed by atoms with Gasteiger partial charge in [0.15, 0.2) is 0 Å². The molecule has 0 radical (unpaired) electrons. The van der Waals surface area contributed by atoms with Crippen LogP contribution in [0.4, 0.5) is 0 Å². The lowest BCUT2D eigenvalue weighted by molar-refractivity contribution is 0.0184. The molecular formula is C14H32N2Si. The lowest BCUT2D eigenvalue weighted by Gasteiger charge is -2.43. The molecule has 3 heteroatoms. The third kappa shape index (κ3) is 4.57. The Morgan fingerprint density at radius 3 is 1.59 bits per heavy atom. The van der Waals surface area contributed by atoms with Crippen LogP contribution in [0.25, 0.3) is 0 Å². The van der Waals surface area contributed by atoms with Gasteiger partial charge in [-0.3, -0.25) is 9.80 Å². The van der Waals surface area contributed by atoms with Crippen LogP contribution in [0.3, 0.4) is 0 Å². The normalized spacial score (nSPS) is 15.8. The Bertz CT molecular complexity index is 188. The highest BCUT2D eigenvalue weighted by atomic mass is 28.1. The predicted octanol–water partition coefficient (Wildman–Crippen LogP) is 1.97. The quantitative estimate of drug-likeness (QED) is 0.354. The molecule has 17 heavy (non-hydrogen) atoms. The minimum absolute atomic E-state index is 0.570. The molecule has 0 aromatic carbocycles. The van der Waals surface area contributed by atoms with Crippen molar-refractivity contribution in [2.75, 3.05) is 26.2 Å². The van der Waals surface area contributed by atoms with E-state index in [-0.39, 0.29) is 0 Å². The van der Waals surface area contributed by atoms with E-state index < -0.39 is 0 Å². The van der Waals surface area contributed by atoms with Gasteiger partial charge in [0.05, 0.1) is 6.17 Å². The molecule has 0 bridgehead atoms. The van der Waals surface area contributed by atoms with Gasteiger partial charge >= 0.3 is 0 Å². The maximum Gasteiger partial charge on any atom is 0.0650 e. The van der Waals surface area contributed by atoms with Crippen LogP contribution >= 0.6 is 0 Å². The first-order valence-electron chi connectivity index (χ1n) is 7.17. The largest absolute Gasteiger partial charge is 0.288 e. The van der Waals surface area contributed by atoms with Crippen molar-refractivity contribution in [1.29, 1.82) is 0 Å². The third-order valence-corrected chi connectivity index (χ3v) is 5.57. The summed E-state index contributed by atoms with van der Waals surface area (Å²) in [5.74, 6) is 0.680. The molecule has 0 aliphatic carbocycles. The number of allylic oxidation sites excluding steroid dienone is 1. The van der Waals surface area contributed by atoms with E-state index in [0.717, 1.165) is 26.2 Å². The van der Waals surface area contributed by atoms with Gasteiger partial charge in [-0.15, -0.1) is 6.58 Å². The second-order valence-electron chi connectivity index (χ2n) is 4.81. The molecule has 0 amide bonds. The molecular weight excluding hydrogens is 224 g/mol. The van der Waals surface area contributed by atoms with Crippen LogP contribution in [0.5, 0.6) is 0 Å². The number of nitrogens with zero attached hydrogens (tertiary/aromatic N) is 2. The highest BCUT2D eigenvalue weighted by Crippen LogP contribution is 2.25. The zero-order chi connectivity index (χ0) is 13.4. The van der Waals surface area contributed by atoms with Crippen molar-refractivity contribution < 1.29 is 0 Å². The second kappa shape index (κ2) is 8.89. The summed E-state index contributed by atoms with van der Waals surface area (Å²) >= 11 is 0. The van der Waals surface area contributed by atoms with E-state index in [2.05, 4.69) is 57.1 Å². The third-order valence-electron chi connectivity index (χ3n) is 4.04. The fraction of sp³-hybridized carbons (Fsp3) is 0.857. The Morgan fingerprint density at radius 2 is 1.35 bits per heavy atom. The van der Waals surface area contributed by atoms with Crippen molar-refractivity contribution in [3.8, 4) is 0 Å². The molecule has 0 N–H and O–H groups in total. The zero-order valence-electron chi connectivity index (χ0n) is 12.7. The first-order valence-corrected chi connectivity index (χ1v) is 8.33. The van der Waals surface area contributed by atoms with Crippen LogP contribution in [0, 0.1) is 5.92 Å². The molecule has 0 spiro atoms. The van der Waals surface area contributed by atoms with Crippen molar-refractivity contribution in [3.63, 3.8) is 0 Å². The Balaban J connectivity index is 4.99. The molecule has 0 fully saturated rings. The fourth-order valence-electron chi connectivity index (χ4n) is 2.58. The summed E-state index contributed by atoms with van der Waals surface area (Å²) in [6.45, 7) is 20.0. The highest BCUT2D eigenvalue weighted by molar-refractivity contribution is 6.13. The predicted molar refractivity (Wildman–Crippen MR) is 82.7 cm³/mol. The lowest BCUT2D eigenvalue weighted by atomic mass is 10.0. The van der Waals surface area contributed by atoms with Crippen LogP contribution in [0.15, 0.2) is 12.7 Å². The number of rotatable bonds is 9.